The van der Waals surface area contributed by atoms with Crippen molar-refractivity contribution in [2.75, 3.05) is 13.6 Å². The van der Waals surface area contributed by atoms with E-state index in [9.17, 15) is 0 Å². The van der Waals surface area contributed by atoms with Crippen LogP contribution >= 0.6 is 0 Å². The molecule has 1 heterocycles. The van der Waals surface area contributed by atoms with E-state index >= 15 is 0 Å². The van der Waals surface area contributed by atoms with Crippen molar-refractivity contribution in [1.82, 2.24) is 15.1 Å². The van der Waals surface area contributed by atoms with Crippen molar-refractivity contribution in [2.45, 2.75) is 59.3 Å². The number of aliphatic imine (C=N–C) groups is 1. The van der Waals surface area contributed by atoms with Gasteiger partial charge in [0.2, 0.25) is 0 Å². The summed E-state index contributed by atoms with van der Waals surface area (Å²) in [5, 5.41) is 7.92. The van der Waals surface area contributed by atoms with Gasteiger partial charge in [0.15, 0.2) is 0 Å². The Morgan fingerprint density at radius 1 is 1.46 bits per heavy atom. The Balaban J connectivity index is 1.88. The summed E-state index contributed by atoms with van der Waals surface area (Å²) in [4.78, 5) is 4.39. The molecule has 1 N–H and O–H groups in total. The zero-order chi connectivity index (χ0) is 19.2. The van der Waals surface area contributed by atoms with Gasteiger partial charge < -0.3 is 5.32 Å². The number of nitrogens with one attached hydrogen (secondary N) is 1. The van der Waals surface area contributed by atoms with Gasteiger partial charge in [-0.2, -0.15) is 5.10 Å². The minimum Gasteiger partial charge on any atom is -0.370 e. The van der Waals surface area contributed by atoms with E-state index in [1.54, 1.807) is 0 Å². The lowest BCUT2D eigenvalue weighted by atomic mass is 9.78. The summed E-state index contributed by atoms with van der Waals surface area (Å²) in [7, 11) is 3.78. The van der Waals surface area contributed by atoms with Crippen LogP contribution in [0.15, 0.2) is 29.9 Å². The Morgan fingerprint density at radius 2 is 2.23 bits per heavy atom. The van der Waals surface area contributed by atoms with Crippen LogP contribution in [0.1, 0.15) is 63.6 Å². The number of amidine groups is 1. The minimum atomic E-state index is 0.590. The molecule has 26 heavy (non-hydrogen) atoms. The number of allylic oxidation sites excluding steroid dienone is 2. The molecule has 0 aliphatic heterocycles. The molecule has 2 rings (SSSR count). The molecule has 1 aliphatic carbocycles. The molecule has 1 aromatic heterocycles. The molecule has 0 bridgehead atoms. The Morgan fingerprint density at radius 3 is 2.81 bits per heavy atom. The first-order valence-corrected chi connectivity index (χ1v) is 10.0. The molecule has 4 nitrogen and oxygen atoms in total. The lowest BCUT2D eigenvalue weighted by molar-refractivity contribution is 0.246. The number of rotatable bonds is 8. The Bertz CT molecular complexity index is 668. The first-order chi connectivity index (χ1) is 12.4. The SMILES string of the molecule is C=C(/C=C\C(=NC)NCC1CCC(CC)(CCC)C1)c1cn(C)nc1C. The van der Waals surface area contributed by atoms with Gasteiger partial charge in [0, 0.05) is 32.4 Å². The van der Waals surface area contributed by atoms with Crippen molar-refractivity contribution in [3.63, 3.8) is 0 Å². The predicted molar refractivity (Wildman–Crippen MR) is 112 cm³/mol. The Labute approximate surface area is 159 Å². The van der Waals surface area contributed by atoms with E-state index < -0.39 is 0 Å². The highest BCUT2D eigenvalue weighted by Gasteiger charge is 2.36. The van der Waals surface area contributed by atoms with Crippen molar-refractivity contribution < 1.29 is 0 Å². The molecule has 2 atom stereocenters. The van der Waals surface area contributed by atoms with Crippen LogP contribution in [0.3, 0.4) is 0 Å². The van der Waals surface area contributed by atoms with E-state index in [4.69, 9.17) is 0 Å². The third-order valence-electron chi connectivity index (χ3n) is 5.95. The molecule has 0 amide bonds. The molecule has 2 unspecified atom stereocenters. The average Bonchev–Trinajstić information content (AvgIpc) is 3.18. The van der Waals surface area contributed by atoms with Crippen molar-refractivity contribution in [1.29, 1.82) is 0 Å². The van der Waals surface area contributed by atoms with Crippen LogP contribution in [0.25, 0.3) is 5.57 Å². The predicted octanol–water partition coefficient (Wildman–Crippen LogP) is 4.91. The van der Waals surface area contributed by atoms with E-state index in [1.165, 1.54) is 38.5 Å². The molecule has 0 saturated heterocycles. The molecule has 4 heteroatoms. The van der Waals surface area contributed by atoms with Crippen LogP contribution in [0.4, 0.5) is 0 Å². The maximum atomic E-state index is 4.39. The van der Waals surface area contributed by atoms with Gasteiger partial charge in [-0.25, -0.2) is 0 Å². The maximum absolute atomic E-state index is 4.39. The number of aryl methyl sites for hydroxylation is 2. The van der Waals surface area contributed by atoms with E-state index in [0.29, 0.717) is 5.41 Å². The standard InChI is InChI=1S/C22H36N4/c1-7-12-22(8-2)13-11-19(14-22)15-24-21(23-5)10-9-17(3)20-16-26(6)25-18(20)4/h9-10,16,19H,3,7-8,11-15H2,1-2,4-6H3,(H,23,24)/b10-9-. The molecule has 1 aromatic rings. The average molecular weight is 357 g/mol. The summed E-state index contributed by atoms with van der Waals surface area (Å²) in [5.74, 6) is 1.69. The summed E-state index contributed by atoms with van der Waals surface area (Å²) in [5.41, 5.74) is 3.64. The number of hydrogen-bond acceptors (Lipinski definition) is 2. The van der Waals surface area contributed by atoms with Gasteiger partial charge >= 0.3 is 0 Å². The van der Waals surface area contributed by atoms with Crippen molar-refractivity contribution in [3.8, 4) is 0 Å². The first-order valence-electron chi connectivity index (χ1n) is 10.0. The number of hydrogen-bond donors (Lipinski definition) is 1. The minimum absolute atomic E-state index is 0.590. The Hall–Kier alpha value is -1.84. The molecule has 1 aliphatic rings. The molecule has 0 spiro atoms. The second-order valence-electron chi connectivity index (χ2n) is 7.86. The lowest BCUT2D eigenvalue weighted by Gasteiger charge is -2.27. The van der Waals surface area contributed by atoms with E-state index in [-0.39, 0.29) is 0 Å². The van der Waals surface area contributed by atoms with Crippen LogP contribution in [0, 0.1) is 18.3 Å². The fraction of sp³-hybridized carbons (Fsp3) is 0.636. The third-order valence-corrected chi connectivity index (χ3v) is 5.95. The molecule has 0 radical (unpaired) electrons. The van der Waals surface area contributed by atoms with Crippen molar-refractivity contribution in [2.24, 2.45) is 23.4 Å². The van der Waals surface area contributed by atoms with E-state index in [0.717, 1.165) is 35.1 Å². The highest BCUT2D eigenvalue weighted by Crippen LogP contribution is 2.47. The fourth-order valence-corrected chi connectivity index (χ4v) is 4.40. The van der Waals surface area contributed by atoms with Crippen LogP contribution in [-0.4, -0.2) is 29.2 Å². The van der Waals surface area contributed by atoms with Crippen LogP contribution < -0.4 is 5.32 Å². The maximum Gasteiger partial charge on any atom is 0.120 e. The summed E-state index contributed by atoms with van der Waals surface area (Å²) < 4.78 is 1.83. The van der Waals surface area contributed by atoms with E-state index in [1.807, 2.05) is 44.0 Å². The van der Waals surface area contributed by atoms with Gasteiger partial charge in [0.25, 0.3) is 0 Å². The summed E-state index contributed by atoms with van der Waals surface area (Å²) in [6, 6.07) is 0. The van der Waals surface area contributed by atoms with Gasteiger partial charge in [-0.1, -0.05) is 39.3 Å². The normalized spacial score (nSPS) is 23.7. The van der Waals surface area contributed by atoms with Gasteiger partial charge in [0.05, 0.1) is 5.69 Å². The number of nitrogens with zero attached hydrogens (tertiary/aromatic N) is 3. The summed E-state index contributed by atoms with van der Waals surface area (Å²) >= 11 is 0. The molecule has 144 valence electrons. The molecule has 1 saturated carbocycles. The number of aromatic nitrogens is 2. The highest BCUT2D eigenvalue weighted by atomic mass is 15.2. The first kappa shape index (κ1) is 20.5. The topological polar surface area (TPSA) is 42.2 Å². The van der Waals surface area contributed by atoms with Crippen molar-refractivity contribution in [3.05, 3.63) is 36.2 Å². The third kappa shape index (κ3) is 5.09. The van der Waals surface area contributed by atoms with Crippen LogP contribution in [0.2, 0.25) is 0 Å². The monoisotopic (exact) mass is 356 g/mol. The van der Waals surface area contributed by atoms with Gasteiger partial charge in [-0.15, -0.1) is 0 Å². The second-order valence-corrected chi connectivity index (χ2v) is 7.86. The van der Waals surface area contributed by atoms with E-state index in [2.05, 4.69) is 35.8 Å². The van der Waals surface area contributed by atoms with Gasteiger partial charge in [-0.05, 0) is 55.6 Å². The largest absolute Gasteiger partial charge is 0.370 e. The molecule has 1 fully saturated rings. The smallest absolute Gasteiger partial charge is 0.120 e. The van der Waals surface area contributed by atoms with Crippen molar-refractivity contribution >= 4 is 11.4 Å². The van der Waals surface area contributed by atoms with Gasteiger partial charge in [0.1, 0.15) is 5.84 Å². The molecule has 0 aromatic carbocycles. The zero-order valence-corrected chi connectivity index (χ0v) is 17.3. The van der Waals surface area contributed by atoms with Crippen LogP contribution in [-0.2, 0) is 7.05 Å². The summed E-state index contributed by atoms with van der Waals surface area (Å²) in [6.07, 6.45) is 14.1. The zero-order valence-electron chi connectivity index (χ0n) is 17.3. The van der Waals surface area contributed by atoms with Gasteiger partial charge in [-0.3, -0.25) is 9.67 Å². The van der Waals surface area contributed by atoms with Crippen LogP contribution in [0.5, 0.6) is 0 Å². The fourth-order valence-electron chi connectivity index (χ4n) is 4.40. The molecular weight excluding hydrogens is 320 g/mol. The summed E-state index contributed by atoms with van der Waals surface area (Å²) in [6.45, 7) is 11.9. The highest BCUT2D eigenvalue weighted by molar-refractivity contribution is 5.95. The Kier molecular flexibility index (Phi) is 7.24. The lowest BCUT2D eigenvalue weighted by Crippen LogP contribution is -2.28. The quantitative estimate of drug-likeness (QED) is 0.408. The molecular formula is C22H36N4. The second kappa shape index (κ2) is 9.20.